The van der Waals surface area contributed by atoms with Crippen LogP contribution in [-0.2, 0) is 6.42 Å². The molecule has 0 amide bonds. The minimum Gasteiger partial charge on any atom is -0.357 e. The van der Waals surface area contributed by atoms with Crippen molar-refractivity contribution in [1.82, 2.24) is 10.6 Å². The van der Waals surface area contributed by atoms with Crippen molar-refractivity contribution in [3.05, 3.63) is 35.6 Å². The number of hydrogen-bond acceptors (Lipinski definition) is 1. The van der Waals surface area contributed by atoms with Gasteiger partial charge in [0.2, 0.25) is 0 Å². The quantitative estimate of drug-likeness (QED) is 0.612. The van der Waals surface area contributed by atoms with Crippen molar-refractivity contribution in [3.63, 3.8) is 0 Å². The van der Waals surface area contributed by atoms with Crippen molar-refractivity contribution in [2.45, 2.75) is 27.2 Å². The summed E-state index contributed by atoms with van der Waals surface area (Å²) in [6.07, 6.45) is 0.782. The Balaban J connectivity index is 2.41. The van der Waals surface area contributed by atoms with Gasteiger partial charge in [0.05, 0.1) is 0 Å². The second-order valence-electron chi connectivity index (χ2n) is 4.92. The molecule has 0 saturated heterocycles. The summed E-state index contributed by atoms with van der Waals surface area (Å²) in [5, 5.41) is 6.46. The Morgan fingerprint density at radius 3 is 2.74 bits per heavy atom. The molecule has 0 atom stereocenters. The normalized spacial score (nSPS) is 11.7. The molecule has 1 rings (SSSR count). The number of halogens is 1. The number of guanidine groups is 1. The zero-order valence-corrected chi connectivity index (χ0v) is 12.0. The third-order valence-corrected chi connectivity index (χ3v) is 2.55. The molecule has 0 unspecified atom stereocenters. The van der Waals surface area contributed by atoms with Crippen molar-refractivity contribution < 1.29 is 4.39 Å². The molecule has 3 nitrogen and oxygen atoms in total. The van der Waals surface area contributed by atoms with Crippen molar-refractivity contribution in [2.24, 2.45) is 10.9 Å². The van der Waals surface area contributed by atoms with Gasteiger partial charge in [0.15, 0.2) is 5.96 Å². The summed E-state index contributed by atoms with van der Waals surface area (Å²) in [6.45, 7) is 8.70. The van der Waals surface area contributed by atoms with E-state index < -0.39 is 0 Å². The van der Waals surface area contributed by atoms with Gasteiger partial charge in [-0.25, -0.2) is 4.39 Å². The molecule has 0 heterocycles. The minimum atomic E-state index is -0.183. The smallest absolute Gasteiger partial charge is 0.191 e. The molecule has 2 N–H and O–H groups in total. The Bertz CT molecular complexity index is 402. The molecule has 106 valence electrons. The van der Waals surface area contributed by atoms with Crippen molar-refractivity contribution in [3.8, 4) is 0 Å². The van der Waals surface area contributed by atoms with Crippen LogP contribution in [-0.4, -0.2) is 25.6 Å². The molecule has 0 saturated carbocycles. The lowest BCUT2D eigenvalue weighted by Crippen LogP contribution is -2.38. The lowest BCUT2D eigenvalue weighted by molar-refractivity contribution is 0.624. The molecule has 0 fully saturated rings. The number of benzene rings is 1. The Morgan fingerprint density at radius 2 is 2.11 bits per heavy atom. The number of aliphatic imine (C=N–C) groups is 1. The van der Waals surface area contributed by atoms with Gasteiger partial charge in [0.1, 0.15) is 5.82 Å². The van der Waals surface area contributed by atoms with Gasteiger partial charge in [-0.1, -0.05) is 26.0 Å². The van der Waals surface area contributed by atoms with E-state index in [1.165, 1.54) is 6.07 Å². The Labute approximate surface area is 115 Å². The van der Waals surface area contributed by atoms with Crippen LogP contribution in [0, 0.1) is 11.7 Å². The highest BCUT2D eigenvalue weighted by atomic mass is 19.1. The molecule has 19 heavy (non-hydrogen) atoms. The average molecular weight is 265 g/mol. The summed E-state index contributed by atoms with van der Waals surface area (Å²) in [7, 11) is 0. The summed E-state index contributed by atoms with van der Waals surface area (Å²) in [6, 6.07) is 6.70. The van der Waals surface area contributed by atoms with Gasteiger partial charge in [-0.2, -0.15) is 0 Å². The van der Waals surface area contributed by atoms with Crippen molar-refractivity contribution >= 4 is 5.96 Å². The van der Waals surface area contributed by atoms with Crippen LogP contribution in [0.1, 0.15) is 26.3 Å². The average Bonchev–Trinajstić information content (AvgIpc) is 2.36. The molecular weight excluding hydrogens is 241 g/mol. The van der Waals surface area contributed by atoms with Gasteiger partial charge in [-0.05, 0) is 37.0 Å². The zero-order valence-electron chi connectivity index (χ0n) is 12.0. The predicted molar refractivity (Wildman–Crippen MR) is 78.9 cm³/mol. The van der Waals surface area contributed by atoms with Crippen LogP contribution in [0.15, 0.2) is 29.3 Å². The molecule has 0 spiro atoms. The van der Waals surface area contributed by atoms with E-state index in [9.17, 15) is 4.39 Å². The van der Waals surface area contributed by atoms with E-state index in [-0.39, 0.29) is 5.82 Å². The summed E-state index contributed by atoms with van der Waals surface area (Å²) >= 11 is 0. The van der Waals surface area contributed by atoms with Gasteiger partial charge in [0, 0.05) is 19.6 Å². The van der Waals surface area contributed by atoms with Gasteiger partial charge < -0.3 is 10.6 Å². The fourth-order valence-corrected chi connectivity index (χ4v) is 1.63. The van der Waals surface area contributed by atoms with Crippen LogP contribution in [0.3, 0.4) is 0 Å². The van der Waals surface area contributed by atoms with E-state index in [4.69, 9.17) is 0 Å². The third kappa shape index (κ3) is 6.79. The van der Waals surface area contributed by atoms with E-state index in [0.29, 0.717) is 5.92 Å². The number of hydrogen-bond donors (Lipinski definition) is 2. The van der Waals surface area contributed by atoms with Crippen LogP contribution >= 0.6 is 0 Å². The van der Waals surface area contributed by atoms with Crippen LogP contribution in [0.25, 0.3) is 0 Å². The molecule has 0 radical (unpaired) electrons. The van der Waals surface area contributed by atoms with E-state index in [1.807, 2.05) is 13.0 Å². The summed E-state index contributed by atoms with van der Waals surface area (Å²) < 4.78 is 13.0. The predicted octanol–water partition coefficient (Wildman–Crippen LogP) is 2.58. The Kier molecular flexibility index (Phi) is 6.93. The number of rotatable bonds is 6. The van der Waals surface area contributed by atoms with Crippen molar-refractivity contribution in [2.75, 3.05) is 19.6 Å². The molecular formula is C15H24FN3. The highest BCUT2D eigenvalue weighted by Gasteiger charge is 1.99. The first-order valence-corrected chi connectivity index (χ1v) is 6.88. The van der Waals surface area contributed by atoms with Crippen LogP contribution in [0.2, 0.25) is 0 Å². The molecule has 0 aliphatic carbocycles. The monoisotopic (exact) mass is 265 g/mol. The molecule has 1 aromatic carbocycles. The number of nitrogens with one attached hydrogen (secondary N) is 2. The highest BCUT2D eigenvalue weighted by molar-refractivity contribution is 5.79. The summed E-state index contributed by atoms with van der Waals surface area (Å²) in [5.74, 6) is 1.18. The van der Waals surface area contributed by atoms with Crippen LogP contribution < -0.4 is 10.6 Å². The SMILES string of the molecule is CCNC(=NCC(C)C)NCCc1cccc(F)c1. The molecule has 4 heteroatoms. The van der Waals surface area contributed by atoms with Crippen LogP contribution in [0.5, 0.6) is 0 Å². The minimum absolute atomic E-state index is 0.183. The van der Waals surface area contributed by atoms with Gasteiger partial charge in [0.25, 0.3) is 0 Å². The number of nitrogens with zero attached hydrogens (tertiary/aromatic N) is 1. The largest absolute Gasteiger partial charge is 0.357 e. The first-order valence-electron chi connectivity index (χ1n) is 6.88. The zero-order chi connectivity index (χ0) is 14.1. The fourth-order valence-electron chi connectivity index (χ4n) is 1.63. The third-order valence-electron chi connectivity index (χ3n) is 2.55. The second kappa shape index (κ2) is 8.51. The summed E-state index contributed by atoms with van der Waals surface area (Å²) in [5.41, 5.74) is 0.993. The molecule has 0 aliphatic rings. The molecule has 0 bridgehead atoms. The topological polar surface area (TPSA) is 36.4 Å². The maximum atomic E-state index is 13.0. The fraction of sp³-hybridized carbons (Fsp3) is 0.533. The molecule has 1 aromatic rings. The van der Waals surface area contributed by atoms with E-state index in [2.05, 4.69) is 29.5 Å². The standard InChI is InChI=1S/C15H24FN3/c1-4-17-15(19-11-12(2)3)18-9-8-13-6-5-7-14(16)10-13/h5-7,10,12H,4,8-9,11H2,1-3H3,(H2,17,18,19). The van der Waals surface area contributed by atoms with Crippen LogP contribution in [0.4, 0.5) is 4.39 Å². The van der Waals surface area contributed by atoms with Gasteiger partial charge in [-0.15, -0.1) is 0 Å². The van der Waals surface area contributed by atoms with E-state index >= 15 is 0 Å². The van der Waals surface area contributed by atoms with Gasteiger partial charge in [-0.3, -0.25) is 4.99 Å². The lowest BCUT2D eigenvalue weighted by atomic mass is 10.1. The first kappa shape index (κ1) is 15.5. The maximum Gasteiger partial charge on any atom is 0.191 e. The molecule has 0 aromatic heterocycles. The molecule has 0 aliphatic heterocycles. The van der Waals surface area contributed by atoms with Crippen molar-refractivity contribution in [1.29, 1.82) is 0 Å². The summed E-state index contributed by atoms with van der Waals surface area (Å²) in [4.78, 5) is 4.48. The van der Waals surface area contributed by atoms with E-state index in [1.54, 1.807) is 12.1 Å². The maximum absolute atomic E-state index is 13.0. The first-order chi connectivity index (χ1) is 9.11. The van der Waals surface area contributed by atoms with Gasteiger partial charge >= 0.3 is 0 Å². The highest BCUT2D eigenvalue weighted by Crippen LogP contribution is 2.03. The Morgan fingerprint density at radius 1 is 1.32 bits per heavy atom. The Hall–Kier alpha value is -1.58. The lowest BCUT2D eigenvalue weighted by Gasteiger charge is -2.12. The second-order valence-corrected chi connectivity index (χ2v) is 4.92. The van der Waals surface area contributed by atoms with E-state index in [0.717, 1.165) is 37.6 Å².